The van der Waals surface area contributed by atoms with Gasteiger partial charge in [0.05, 0.1) is 11.2 Å². The minimum absolute atomic E-state index is 0.0864. The number of halogens is 2. The Morgan fingerprint density at radius 1 is 1.15 bits per heavy atom. The molecule has 0 atom stereocenters. The van der Waals surface area contributed by atoms with Crippen molar-refractivity contribution in [3.63, 3.8) is 0 Å². The molecular formula is C24H26F2N6O2. The predicted molar refractivity (Wildman–Crippen MR) is 124 cm³/mol. The van der Waals surface area contributed by atoms with Crippen molar-refractivity contribution in [3.8, 4) is 0 Å². The number of aryl methyl sites for hydroxylation is 2. The molecule has 10 heteroatoms. The molecule has 1 aliphatic carbocycles. The standard InChI is InChI=1S/C24H26F2N6O2/c1-13-15(11-17(25)21-20(13)30-23(33)14(2)27-21)12-31-7-9-32(10-8-31)19-6-5-18(29-22(19)26)24(34)28-16-3-4-16/h5-6,11,16H,3-4,7-10,12H2,1-2H3,(H,28,34)(H,30,33). The van der Waals surface area contributed by atoms with E-state index >= 15 is 0 Å². The smallest absolute Gasteiger partial charge is 0.270 e. The SMILES string of the molecule is Cc1nc2c(F)cc(CN3CCN(c4ccc(C(=O)NC5CC5)nc4F)CC3)c(C)c2[nH]c1=O. The molecule has 3 aromatic rings. The van der Waals surface area contributed by atoms with Crippen LogP contribution in [0.3, 0.4) is 0 Å². The maximum atomic E-state index is 14.7. The van der Waals surface area contributed by atoms with Gasteiger partial charge in [-0.3, -0.25) is 14.5 Å². The van der Waals surface area contributed by atoms with Gasteiger partial charge in [-0.2, -0.15) is 4.39 Å². The van der Waals surface area contributed by atoms with Crippen LogP contribution in [0.2, 0.25) is 0 Å². The maximum Gasteiger partial charge on any atom is 0.270 e. The Morgan fingerprint density at radius 3 is 2.56 bits per heavy atom. The van der Waals surface area contributed by atoms with E-state index in [2.05, 4.69) is 25.2 Å². The quantitative estimate of drug-likeness (QED) is 0.559. The predicted octanol–water partition coefficient (Wildman–Crippen LogP) is 2.43. The van der Waals surface area contributed by atoms with Gasteiger partial charge >= 0.3 is 0 Å². The van der Waals surface area contributed by atoms with Crippen molar-refractivity contribution in [2.24, 2.45) is 0 Å². The first-order valence-electron chi connectivity index (χ1n) is 11.4. The van der Waals surface area contributed by atoms with Crippen molar-refractivity contribution in [1.29, 1.82) is 0 Å². The number of carbonyl (C=O) groups excluding carboxylic acids is 1. The van der Waals surface area contributed by atoms with E-state index in [0.29, 0.717) is 43.9 Å². The van der Waals surface area contributed by atoms with Crippen molar-refractivity contribution in [2.75, 3.05) is 31.1 Å². The summed E-state index contributed by atoms with van der Waals surface area (Å²) >= 11 is 0. The third-order valence-corrected chi connectivity index (χ3v) is 6.55. The summed E-state index contributed by atoms with van der Waals surface area (Å²) in [7, 11) is 0. The monoisotopic (exact) mass is 468 g/mol. The number of nitrogens with one attached hydrogen (secondary N) is 2. The number of rotatable bonds is 5. The van der Waals surface area contributed by atoms with Gasteiger partial charge in [-0.15, -0.1) is 0 Å². The molecule has 1 saturated heterocycles. The van der Waals surface area contributed by atoms with Gasteiger partial charge in [0, 0.05) is 38.8 Å². The zero-order valence-electron chi connectivity index (χ0n) is 19.1. The molecule has 34 heavy (non-hydrogen) atoms. The molecule has 2 fully saturated rings. The van der Waals surface area contributed by atoms with Crippen LogP contribution in [0, 0.1) is 25.6 Å². The molecule has 1 aromatic carbocycles. The number of amides is 1. The molecule has 2 aliphatic rings. The number of anilines is 1. The number of H-pyrrole nitrogens is 1. The molecule has 1 aliphatic heterocycles. The van der Waals surface area contributed by atoms with Crippen molar-refractivity contribution >= 4 is 22.6 Å². The van der Waals surface area contributed by atoms with Gasteiger partial charge < -0.3 is 15.2 Å². The molecule has 2 aromatic heterocycles. The largest absolute Gasteiger partial charge is 0.365 e. The molecular weight excluding hydrogens is 442 g/mol. The lowest BCUT2D eigenvalue weighted by molar-refractivity contribution is 0.0945. The van der Waals surface area contributed by atoms with Gasteiger partial charge in [0.1, 0.15) is 16.9 Å². The Bertz CT molecular complexity index is 1330. The minimum Gasteiger partial charge on any atom is -0.365 e. The molecule has 0 bridgehead atoms. The second-order valence-corrected chi connectivity index (χ2v) is 9.03. The fourth-order valence-electron chi connectivity index (χ4n) is 4.30. The second kappa shape index (κ2) is 8.75. The lowest BCUT2D eigenvalue weighted by Gasteiger charge is -2.36. The van der Waals surface area contributed by atoms with Crippen LogP contribution in [0.1, 0.15) is 40.2 Å². The molecule has 0 unspecified atom stereocenters. The van der Waals surface area contributed by atoms with Crippen LogP contribution in [-0.4, -0.2) is 58.0 Å². The van der Waals surface area contributed by atoms with Gasteiger partial charge in [0.25, 0.3) is 11.5 Å². The molecule has 1 saturated carbocycles. The van der Waals surface area contributed by atoms with E-state index in [1.165, 1.54) is 6.07 Å². The average Bonchev–Trinajstić information content (AvgIpc) is 3.63. The molecule has 3 heterocycles. The third kappa shape index (κ3) is 4.37. The first-order valence-corrected chi connectivity index (χ1v) is 11.4. The Morgan fingerprint density at radius 2 is 1.88 bits per heavy atom. The summed E-state index contributed by atoms with van der Waals surface area (Å²) in [6.45, 7) is 6.33. The number of aromatic nitrogens is 3. The highest BCUT2D eigenvalue weighted by atomic mass is 19.1. The van der Waals surface area contributed by atoms with Crippen molar-refractivity contribution < 1.29 is 13.6 Å². The van der Waals surface area contributed by atoms with Gasteiger partial charge in [-0.25, -0.2) is 14.4 Å². The summed E-state index contributed by atoms with van der Waals surface area (Å²) in [6, 6.07) is 4.82. The molecule has 8 nitrogen and oxygen atoms in total. The number of benzene rings is 1. The van der Waals surface area contributed by atoms with Crippen LogP contribution < -0.4 is 15.8 Å². The van der Waals surface area contributed by atoms with E-state index in [9.17, 15) is 18.4 Å². The molecule has 0 radical (unpaired) electrons. The zero-order valence-corrected chi connectivity index (χ0v) is 19.1. The van der Waals surface area contributed by atoms with E-state index in [1.54, 1.807) is 19.1 Å². The first kappa shape index (κ1) is 22.4. The minimum atomic E-state index is -0.656. The fraction of sp³-hybridized carbons (Fsp3) is 0.417. The van der Waals surface area contributed by atoms with Crippen molar-refractivity contribution in [2.45, 2.75) is 39.3 Å². The van der Waals surface area contributed by atoms with E-state index in [1.807, 2.05) is 11.8 Å². The highest BCUT2D eigenvalue weighted by Crippen LogP contribution is 2.25. The summed E-state index contributed by atoms with van der Waals surface area (Å²) in [4.78, 5) is 38.9. The second-order valence-electron chi connectivity index (χ2n) is 9.03. The van der Waals surface area contributed by atoms with Crippen molar-refractivity contribution in [3.05, 3.63) is 62.8 Å². The van der Waals surface area contributed by atoms with E-state index < -0.39 is 11.8 Å². The molecule has 2 N–H and O–H groups in total. The maximum absolute atomic E-state index is 14.7. The third-order valence-electron chi connectivity index (χ3n) is 6.55. The highest BCUT2D eigenvalue weighted by molar-refractivity contribution is 5.92. The number of hydrogen-bond acceptors (Lipinski definition) is 6. The Kier molecular flexibility index (Phi) is 5.76. The Labute approximate surface area is 195 Å². The topological polar surface area (TPSA) is 94.2 Å². The molecule has 0 spiro atoms. The zero-order chi connectivity index (χ0) is 24.0. The van der Waals surface area contributed by atoms with Crippen molar-refractivity contribution in [1.82, 2.24) is 25.2 Å². The summed E-state index contributed by atoms with van der Waals surface area (Å²) in [5, 5.41) is 2.81. The highest BCUT2D eigenvalue weighted by Gasteiger charge is 2.26. The first-order chi connectivity index (χ1) is 16.3. The van der Waals surface area contributed by atoms with Crippen LogP contribution in [0.5, 0.6) is 0 Å². The fourth-order valence-corrected chi connectivity index (χ4v) is 4.30. The lowest BCUT2D eigenvalue weighted by Crippen LogP contribution is -2.46. The molecule has 5 rings (SSSR count). The summed E-state index contributed by atoms with van der Waals surface area (Å²) in [5.41, 5.74) is 2.51. The van der Waals surface area contributed by atoms with Crippen LogP contribution in [0.25, 0.3) is 11.0 Å². The number of carbonyl (C=O) groups is 1. The number of hydrogen-bond donors (Lipinski definition) is 2. The average molecular weight is 469 g/mol. The van der Waals surface area contributed by atoms with Gasteiger partial charge in [-0.05, 0) is 56.0 Å². The Hall–Kier alpha value is -3.40. The van der Waals surface area contributed by atoms with Crippen LogP contribution >= 0.6 is 0 Å². The lowest BCUT2D eigenvalue weighted by atomic mass is 10.0. The van der Waals surface area contributed by atoms with E-state index in [4.69, 9.17) is 0 Å². The molecule has 1 amide bonds. The van der Waals surface area contributed by atoms with Crippen LogP contribution in [0.15, 0.2) is 23.0 Å². The normalized spacial score (nSPS) is 16.8. The summed E-state index contributed by atoms with van der Waals surface area (Å²) in [6.07, 6.45) is 1.91. The number of aromatic amines is 1. The van der Waals surface area contributed by atoms with E-state index in [-0.39, 0.29) is 34.4 Å². The van der Waals surface area contributed by atoms with Gasteiger partial charge in [0.15, 0.2) is 5.82 Å². The summed E-state index contributed by atoms with van der Waals surface area (Å²) < 4.78 is 29.4. The number of pyridine rings is 1. The van der Waals surface area contributed by atoms with Gasteiger partial charge in [0.2, 0.25) is 5.95 Å². The van der Waals surface area contributed by atoms with Crippen LogP contribution in [0.4, 0.5) is 14.5 Å². The van der Waals surface area contributed by atoms with E-state index in [0.717, 1.165) is 24.0 Å². The van der Waals surface area contributed by atoms with Crippen LogP contribution in [-0.2, 0) is 6.54 Å². The van der Waals surface area contributed by atoms with Gasteiger partial charge in [-0.1, -0.05) is 0 Å². The number of nitrogens with zero attached hydrogens (tertiary/aromatic N) is 4. The Balaban J connectivity index is 1.26. The molecule has 178 valence electrons. The number of fused-ring (bicyclic) bond motifs is 1. The summed E-state index contributed by atoms with van der Waals surface area (Å²) in [5.74, 6) is -1.47. The number of piperazine rings is 1.